The third kappa shape index (κ3) is 2.56. The Hall–Kier alpha value is -0.311. The first-order valence-electron chi connectivity index (χ1n) is 4.53. The van der Waals surface area contributed by atoms with Crippen LogP contribution in [0.15, 0.2) is 24.3 Å². The molecule has 13 heavy (non-hydrogen) atoms. The van der Waals surface area contributed by atoms with Gasteiger partial charge >= 0.3 is 84.1 Å². The average Bonchev–Trinajstić information content (AvgIpc) is 2.03. The van der Waals surface area contributed by atoms with E-state index in [1.807, 2.05) is 18.2 Å². The van der Waals surface area contributed by atoms with Gasteiger partial charge in [0, 0.05) is 0 Å². The van der Waals surface area contributed by atoms with E-state index in [2.05, 4.69) is 20.9 Å². The third-order valence-electron chi connectivity index (χ3n) is 2.11. The van der Waals surface area contributed by atoms with Gasteiger partial charge in [-0.2, -0.15) is 0 Å². The van der Waals surface area contributed by atoms with Crippen LogP contribution in [-0.4, -0.2) is 24.2 Å². The van der Waals surface area contributed by atoms with Crippen molar-refractivity contribution in [1.29, 1.82) is 0 Å². The van der Waals surface area contributed by atoms with Crippen molar-refractivity contribution in [2.24, 2.45) is 0 Å². The molecule has 1 aromatic carbocycles. The van der Waals surface area contributed by atoms with Crippen molar-refractivity contribution in [2.45, 2.75) is 21.7 Å². The molecule has 1 nitrogen and oxygen atoms in total. The Morgan fingerprint density at radius 3 is 2.08 bits per heavy atom. The molecular weight excluding hydrogens is 267 g/mol. The van der Waals surface area contributed by atoms with Crippen LogP contribution in [0.3, 0.4) is 0 Å². The summed E-state index contributed by atoms with van der Waals surface area (Å²) < 4.78 is 1.34. The van der Waals surface area contributed by atoms with Crippen molar-refractivity contribution >= 4 is 27.7 Å². The molecule has 0 aliphatic rings. The van der Waals surface area contributed by atoms with E-state index in [1.54, 1.807) is 6.92 Å². The number of rotatable bonds is 2. The van der Waals surface area contributed by atoms with Gasteiger partial charge in [0.2, 0.25) is 0 Å². The van der Waals surface area contributed by atoms with Gasteiger partial charge in [0.05, 0.1) is 0 Å². The second-order valence-corrected chi connectivity index (χ2v) is 18.7. The van der Waals surface area contributed by atoms with Crippen molar-refractivity contribution in [2.75, 3.05) is 0 Å². The van der Waals surface area contributed by atoms with Crippen LogP contribution in [0.5, 0.6) is 0 Å². The summed E-state index contributed by atoms with van der Waals surface area (Å²) >= 11 is -2.08. The van der Waals surface area contributed by atoms with Crippen LogP contribution in [0.1, 0.15) is 17.3 Å². The van der Waals surface area contributed by atoms with Gasteiger partial charge in [-0.15, -0.1) is 0 Å². The normalized spacial score (nSPS) is 11.4. The summed E-state index contributed by atoms with van der Waals surface area (Å²) in [7, 11) is 0. The molecule has 0 unspecified atom stereocenters. The number of Topliss-reactive ketones (excluding diaryl/α,β-unsaturated/α-hetero) is 1. The summed E-state index contributed by atoms with van der Waals surface area (Å²) in [5, 5.41) is 0. The first-order chi connectivity index (χ1) is 5.93. The molecule has 0 bridgehead atoms. The van der Waals surface area contributed by atoms with Crippen molar-refractivity contribution in [3.63, 3.8) is 0 Å². The molecule has 0 amide bonds. The van der Waals surface area contributed by atoms with Crippen LogP contribution in [0, 0.1) is 0 Å². The number of hydrogen-bond acceptors (Lipinski definition) is 1. The van der Waals surface area contributed by atoms with Gasteiger partial charge in [-0.3, -0.25) is 0 Å². The maximum absolute atomic E-state index is 11.3. The number of hydrogen-bond donors (Lipinski definition) is 0. The minimum absolute atomic E-state index is 0.197. The molecule has 1 rings (SSSR count). The summed E-state index contributed by atoms with van der Waals surface area (Å²) in [5.41, 5.74) is 0.936. The van der Waals surface area contributed by atoms with Crippen molar-refractivity contribution in [3.05, 3.63) is 29.8 Å². The monoisotopic (exact) mass is 284 g/mol. The Morgan fingerprint density at radius 1 is 1.15 bits per heavy atom. The molecular formula is C11H16OSn. The average molecular weight is 283 g/mol. The van der Waals surface area contributed by atoms with Crippen molar-refractivity contribution in [1.82, 2.24) is 0 Å². The molecule has 0 radical (unpaired) electrons. The van der Waals surface area contributed by atoms with Crippen LogP contribution >= 0.6 is 0 Å². The molecule has 0 N–H and O–H groups in total. The van der Waals surface area contributed by atoms with Crippen LogP contribution < -0.4 is 3.58 Å². The summed E-state index contributed by atoms with van der Waals surface area (Å²) in [6.45, 7) is 1.65. The summed E-state index contributed by atoms with van der Waals surface area (Å²) in [4.78, 5) is 18.3. The number of carbonyl (C=O) groups excluding carboxylic acids is 1. The van der Waals surface area contributed by atoms with Crippen molar-refractivity contribution in [3.8, 4) is 0 Å². The Balaban J connectivity index is 3.28. The molecule has 0 aliphatic carbocycles. The van der Waals surface area contributed by atoms with Crippen LogP contribution in [0.4, 0.5) is 0 Å². The van der Waals surface area contributed by atoms with Gasteiger partial charge in [-0.05, 0) is 0 Å². The van der Waals surface area contributed by atoms with E-state index >= 15 is 0 Å². The second kappa shape index (κ2) is 3.82. The summed E-state index contributed by atoms with van der Waals surface area (Å²) in [6, 6.07) is 8.04. The number of ketones is 1. The van der Waals surface area contributed by atoms with E-state index in [0.717, 1.165) is 5.56 Å². The quantitative estimate of drug-likeness (QED) is 0.602. The molecule has 0 saturated carbocycles. The predicted molar refractivity (Wildman–Crippen MR) is 59.4 cm³/mol. The Morgan fingerprint density at radius 2 is 1.69 bits per heavy atom. The molecule has 70 valence electrons. The van der Waals surface area contributed by atoms with Gasteiger partial charge < -0.3 is 0 Å². The van der Waals surface area contributed by atoms with Crippen LogP contribution in [0.25, 0.3) is 0 Å². The van der Waals surface area contributed by atoms with Gasteiger partial charge in [0.25, 0.3) is 0 Å². The Bertz CT molecular complexity index is 323. The Kier molecular flexibility index (Phi) is 3.17. The fraction of sp³-hybridized carbons (Fsp3) is 0.364. The zero-order valence-corrected chi connectivity index (χ0v) is 11.6. The first-order valence-corrected chi connectivity index (χ1v) is 14.5. The summed E-state index contributed by atoms with van der Waals surface area (Å²) in [5.74, 6) is 0.197. The van der Waals surface area contributed by atoms with E-state index in [1.165, 1.54) is 3.58 Å². The molecule has 0 aromatic heterocycles. The molecule has 0 spiro atoms. The Labute approximate surface area is 84.0 Å². The standard InChI is InChI=1S/C8H7O.3CH3.Sn/c1-7(9)8-5-3-2-4-6-8;;;;/h2-5H,1H3;3*1H3;. The predicted octanol–water partition coefficient (Wildman–Crippen LogP) is 2.43. The zero-order chi connectivity index (χ0) is 10.1. The topological polar surface area (TPSA) is 17.1 Å². The van der Waals surface area contributed by atoms with Gasteiger partial charge in [0.15, 0.2) is 0 Å². The molecule has 1 aromatic rings. The van der Waals surface area contributed by atoms with E-state index < -0.39 is 18.4 Å². The van der Waals surface area contributed by atoms with Crippen molar-refractivity contribution < 1.29 is 4.79 Å². The molecule has 0 fully saturated rings. The van der Waals surface area contributed by atoms with Crippen LogP contribution in [0.2, 0.25) is 14.8 Å². The zero-order valence-electron chi connectivity index (χ0n) is 8.72. The fourth-order valence-corrected chi connectivity index (χ4v) is 6.19. The number of benzene rings is 1. The maximum atomic E-state index is 11.3. The van der Waals surface area contributed by atoms with E-state index in [-0.39, 0.29) is 5.78 Å². The van der Waals surface area contributed by atoms with Gasteiger partial charge in [-0.25, -0.2) is 0 Å². The van der Waals surface area contributed by atoms with Gasteiger partial charge in [0.1, 0.15) is 0 Å². The molecule has 0 heterocycles. The molecule has 2 heteroatoms. The second-order valence-electron chi connectivity index (χ2n) is 4.35. The number of carbonyl (C=O) groups is 1. The molecule has 0 atom stereocenters. The fourth-order valence-electron chi connectivity index (χ4n) is 1.44. The van der Waals surface area contributed by atoms with E-state index in [0.29, 0.717) is 0 Å². The first kappa shape index (κ1) is 10.8. The SMILES string of the molecule is CC(=O)c1cccc[c]1[Sn]([CH3])([CH3])[CH3]. The van der Waals surface area contributed by atoms with E-state index in [9.17, 15) is 4.79 Å². The third-order valence-corrected chi connectivity index (χ3v) is 7.97. The molecule has 0 saturated heterocycles. The van der Waals surface area contributed by atoms with Crippen LogP contribution in [-0.2, 0) is 0 Å². The van der Waals surface area contributed by atoms with E-state index in [4.69, 9.17) is 0 Å². The summed E-state index contributed by atoms with van der Waals surface area (Å²) in [6.07, 6.45) is 0. The van der Waals surface area contributed by atoms with Gasteiger partial charge in [-0.1, -0.05) is 0 Å². The minimum atomic E-state index is -2.08. The molecule has 0 aliphatic heterocycles.